The van der Waals surface area contributed by atoms with Crippen molar-refractivity contribution in [1.82, 2.24) is 0 Å². The minimum absolute atomic E-state index is 0.126. The molecule has 0 aromatic rings. The van der Waals surface area contributed by atoms with Crippen molar-refractivity contribution < 1.29 is 0 Å². The average Bonchev–Trinajstić information content (AvgIpc) is 3.02. The van der Waals surface area contributed by atoms with Crippen molar-refractivity contribution in [2.24, 2.45) is 40.2 Å². The van der Waals surface area contributed by atoms with Crippen LogP contribution in [0, 0.1) is 34.5 Å². The number of hydrogen-bond acceptors (Lipinski definition) is 1. The highest BCUT2D eigenvalue weighted by atomic mass is 14.8. The molecule has 1 heteroatoms. The topological polar surface area (TPSA) is 26.0 Å². The molecule has 3 saturated carbocycles. The Labute approximate surface area is 225 Å². The summed E-state index contributed by atoms with van der Waals surface area (Å²) in [4.78, 5) is 0. The number of fused-ring (bicyclic) bond motifs is 5. The SMILES string of the molecule is CC.CC1=C(C)C=CC=C=C1.CC1=CCC2C3CCC4(N)CC(C)CCC4(C)C3CCC12C.CCC. The van der Waals surface area contributed by atoms with Crippen molar-refractivity contribution in [3.8, 4) is 0 Å². The van der Waals surface area contributed by atoms with E-state index in [0.29, 0.717) is 10.8 Å². The monoisotopic (exact) mass is 493 g/mol. The predicted molar refractivity (Wildman–Crippen MR) is 161 cm³/mol. The fraction of sp³-hybridized carbons (Fsp3) is 0.743. The fourth-order valence-electron chi connectivity index (χ4n) is 8.05. The second-order valence-corrected chi connectivity index (χ2v) is 12.8. The van der Waals surface area contributed by atoms with E-state index in [4.69, 9.17) is 5.73 Å². The molecule has 0 aliphatic heterocycles. The number of hydrogen-bond donors (Lipinski definition) is 1. The summed E-state index contributed by atoms with van der Waals surface area (Å²) in [5.41, 5.74) is 15.4. The highest BCUT2D eigenvalue weighted by Crippen LogP contribution is 2.67. The van der Waals surface area contributed by atoms with Crippen molar-refractivity contribution in [2.75, 3.05) is 0 Å². The maximum atomic E-state index is 7.08. The van der Waals surface area contributed by atoms with Crippen molar-refractivity contribution in [2.45, 2.75) is 133 Å². The molecule has 7 unspecified atom stereocenters. The number of rotatable bonds is 0. The van der Waals surface area contributed by atoms with Gasteiger partial charge in [-0.15, -0.1) is 5.73 Å². The molecule has 2 N–H and O–H groups in total. The van der Waals surface area contributed by atoms with E-state index in [2.05, 4.69) is 73.3 Å². The van der Waals surface area contributed by atoms with E-state index in [9.17, 15) is 0 Å². The van der Waals surface area contributed by atoms with Crippen LogP contribution in [0.4, 0.5) is 0 Å². The molecule has 0 aromatic carbocycles. The summed E-state index contributed by atoms with van der Waals surface area (Å²) >= 11 is 0. The summed E-state index contributed by atoms with van der Waals surface area (Å²) in [5, 5.41) is 0. The third-order valence-electron chi connectivity index (χ3n) is 10.6. The lowest BCUT2D eigenvalue weighted by molar-refractivity contribution is -0.119. The minimum atomic E-state index is 0.126. The normalized spacial score (nSPS) is 40.0. The third-order valence-corrected chi connectivity index (χ3v) is 10.6. The molecule has 0 saturated heterocycles. The van der Waals surface area contributed by atoms with Crippen molar-refractivity contribution in [3.05, 3.63) is 52.8 Å². The molecule has 0 heterocycles. The van der Waals surface area contributed by atoms with Crippen molar-refractivity contribution in [1.29, 1.82) is 0 Å². The Hall–Kier alpha value is -1.30. The lowest BCUT2D eigenvalue weighted by Gasteiger charge is -2.64. The molecular weight excluding hydrogens is 434 g/mol. The number of nitrogens with two attached hydrogens (primary N) is 1. The summed E-state index contributed by atoms with van der Waals surface area (Å²) < 4.78 is 0. The van der Waals surface area contributed by atoms with Gasteiger partial charge in [-0.05, 0) is 124 Å². The Bertz CT molecular complexity index is 880. The van der Waals surface area contributed by atoms with Gasteiger partial charge in [-0.1, -0.05) is 85.1 Å². The molecule has 204 valence electrons. The molecule has 0 spiro atoms. The standard InChI is InChI=1S/C21H35N.C9H10.C3H8.C2H6/c1-14-7-11-20(4)18-9-10-19(3)15(2)5-6-17(19)16(18)8-12-21(20,22)13-14;1-8-6-4-3-5-7-9(8)2;1-3-2;1-2/h5,14,16-18H,6-13,22H2,1-4H3;3-4,6-7H,1-2H3;3H2,1-2H3;1-2H3. The summed E-state index contributed by atoms with van der Waals surface area (Å²) in [6.45, 7) is 22.4. The van der Waals surface area contributed by atoms with Crippen molar-refractivity contribution >= 4 is 0 Å². The first-order valence-corrected chi connectivity index (χ1v) is 15.2. The Morgan fingerprint density at radius 3 is 2.28 bits per heavy atom. The highest BCUT2D eigenvalue weighted by Gasteiger charge is 2.61. The summed E-state index contributed by atoms with van der Waals surface area (Å²) in [7, 11) is 0. The molecule has 0 radical (unpaired) electrons. The second-order valence-electron chi connectivity index (χ2n) is 12.8. The summed E-state index contributed by atoms with van der Waals surface area (Å²) in [6, 6.07) is 0. The van der Waals surface area contributed by atoms with Crippen LogP contribution in [0.2, 0.25) is 0 Å². The van der Waals surface area contributed by atoms with Crippen LogP contribution in [0.3, 0.4) is 0 Å². The zero-order valence-corrected chi connectivity index (χ0v) is 25.6. The molecule has 5 rings (SSSR count). The maximum Gasteiger partial charge on any atom is 0.0214 e. The van der Waals surface area contributed by atoms with E-state index in [1.807, 2.05) is 32.1 Å². The van der Waals surface area contributed by atoms with Gasteiger partial charge in [0.25, 0.3) is 0 Å². The molecule has 0 amide bonds. The van der Waals surface area contributed by atoms with Crippen LogP contribution in [0.1, 0.15) is 127 Å². The fourth-order valence-corrected chi connectivity index (χ4v) is 8.05. The molecule has 1 nitrogen and oxygen atoms in total. The summed E-state index contributed by atoms with van der Waals surface area (Å²) in [5.74, 6) is 3.56. The van der Waals surface area contributed by atoms with Crippen LogP contribution in [0.5, 0.6) is 0 Å². The van der Waals surface area contributed by atoms with Gasteiger partial charge < -0.3 is 5.73 Å². The Morgan fingerprint density at radius 1 is 0.944 bits per heavy atom. The molecular formula is C35H59N. The Morgan fingerprint density at radius 2 is 1.61 bits per heavy atom. The second kappa shape index (κ2) is 13.0. The lowest BCUT2D eigenvalue weighted by Crippen LogP contribution is -2.66. The Kier molecular flexibility index (Phi) is 11.1. The van der Waals surface area contributed by atoms with Gasteiger partial charge in [-0.2, -0.15) is 0 Å². The highest BCUT2D eigenvalue weighted by molar-refractivity contribution is 5.34. The average molecular weight is 494 g/mol. The molecule has 7 atom stereocenters. The van der Waals surface area contributed by atoms with E-state index in [1.165, 1.54) is 68.9 Å². The van der Waals surface area contributed by atoms with E-state index in [1.54, 1.807) is 5.57 Å². The first-order chi connectivity index (χ1) is 17.0. The molecule has 3 fully saturated rings. The molecule has 5 aliphatic rings. The first kappa shape index (κ1) is 30.9. The van der Waals surface area contributed by atoms with Crippen LogP contribution in [-0.4, -0.2) is 5.54 Å². The van der Waals surface area contributed by atoms with Gasteiger partial charge in [0.1, 0.15) is 0 Å². The van der Waals surface area contributed by atoms with E-state index < -0.39 is 0 Å². The van der Waals surface area contributed by atoms with E-state index in [-0.39, 0.29) is 5.54 Å². The summed E-state index contributed by atoms with van der Waals surface area (Å²) in [6.07, 6.45) is 22.7. The van der Waals surface area contributed by atoms with Gasteiger partial charge in [0.05, 0.1) is 0 Å². The lowest BCUT2D eigenvalue weighted by atomic mass is 9.42. The quantitative estimate of drug-likeness (QED) is 0.263. The Balaban J connectivity index is 0.000000272. The van der Waals surface area contributed by atoms with Crippen LogP contribution in [-0.2, 0) is 0 Å². The van der Waals surface area contributed by atoms with Crippen LogP contribution >= 0.6 is 0 Å². The third kappa shape index (κ3) is 6.05. The van der Waals surface area contributed by atoms with Crippen molar-refractivity contribution in [3.63, 3.8) is 0 Å². The largest absolute Gasteiger partial charge is 0.325 e. The minimum Gasteiger partial charge on any atom is -0.325 e. The van der Waals surface area contributed by atoms with Gasteiger partial charge >= 0.3 is 0 Å². The maximum absolute atomic E-state index is 7.08. The number of allylic oxidation sites excluding steroid dienone is 7. The molecule has 0 aromatic heterocycles. The van der Waals surface area contributed by atoms with Gasteiger partial charge in [0, 0.05) is 5.54 Å². The van der Waals surface area contributed by atoms with Crippen LogP contribution < -0.4 is 5.73 Å². The predicted octanol–water partition coefficient (Wildman–Crippen LogP) is 10.3. The first-order valence-electron chi connectivity index (χ1n) is 15.2. The molecule has 36 heavy (non-hydrogen) atoms. The molecule has 5 aliphatic carbocycles. The van der Waals surface area contributed by atoms with Crippen LogP contribution in [0.15, 0.2) is 52.8 Å². The van der Waals surface area contributed by atoms with E-state index >= 15 is 0 Å². The van der Waals surface area contributed by atoms with Gasteiger partial charge in [0.15, 0.2) is 0 Å². The zero-order chi connectivity index (χ0) is 27.1. The van der Waals surface area contributed by atoms with Gasteiger partial charge in [0.2, 0.25) is 0 Å². The van der Waals surface area contributed by atoms with Gasteiger partial charge in [-0.3, -0.25) is 0 Å². The smallest absolute Gasteiger partial charge is 0.0214 e. The van der Waals surface area contributed by atoms with Crippen LogP contribution in [0.25, 0.3) is 0 Å². The van der Waals surface area contributed by atoms with E-state index in [0.717, 1.165) is 23.7 Å². The zero-order valence-electron chi connectivity index (χ0n) is 25.6. The van der Waals surface area contributed by atoms with Gasteiger partial charge in [-0.25, -0.2) is 0 Å². The molecule has 0 bridgehead atoms.